The topological polar surface area (TPSA) is 38.7 Å². The van der Waals surface area contributed by atoms with Crippen molar-refractivity contribution in [1.82, 2.24) is 15.1 Å². The van der Waals surface area contributed by atoms with E-state index in [2.05, 4.69) is 42.9 Å². The van der Waals surface area contributed by atoms with Crippen LogP contribution in [-0.4, -0.2) is 71.9 Å². The zero-order valence-electron chi connectivity index (χ0n) is 14.4. The molecule has 0 radical (unpaired) electrons. The van der Waals surface area contributed by atoms with E-state index < -0.39 is 0 Å². The monoisotopic (exact) mass is 297 g/mol. The number of likely N-dealkylation sites (N-methyl/N-ethyl adjacent to an activating group) is 1. The maximum absolute atomic E-state index is 9.84. The van der Waals surface area contributed by atoms with Crippen molar-refractivity contribution in [1.29, 1.82) is 0 Å². The third-order valence-corrected chi connectivity index (χ3v) is 5.21. The van der Waals surface area contributed by atoms with Crippen LogP contribution >= 0.6 is 0 Å². The summed E-state index contributed by atoms with van der Waals surface area (Å²) in [5.74, 6) is 0. The van der Waals surface area contributed by atoms with Gasteiger partial charge in [-0.1, -0.05) is 6.92 Å². The van der Waals surface area contributed by atoms with Crippen molar-refractivity contribution in [3.63, 3.8) is 0 Å². The van der Waals surface area contributed by atoms with Crippen LogP contribution in [0.3, 0.4) is 0 Å². The predicted molar refractivity (Wildman–Crippen MR) is 88.6 cm³/mol. The molecule has 4 heteroatoms. The van der Waals surface area contributed by atoms with Gasteiger partial charge in [-0.15, -0.1) is 0 Å². The molecule has 21 heavy (non-hydrogen) atoms. The van der Waals surface area contributed by atoms with Crippen molar-refractivity contribution in [2.24, 2.45) is 0 Å². The highest BCUT2D eigenvalue weighted by molar-refractivity contribution is 4.95. The Labute approximate surface area is 130 Å². The number of rotatable bonds is 7. The number of aliphatic hydroxyl groups excluding tert-OH is 1. The van der Waals surface area contributed by atoms with E-state index in [0.717, 1.165) is 6.42 Å². The van der Waals surface area contributed by atoms with Crippen LogP contribution in [-0.2, 0) is 0 Å². The molecule has 0 aromatic rings. The summed E-state index contributed by atoms with van der Waals surface area (Å²) < 4.78 is 0. The van der Waals surface area contributed by atoms with Gasteiger partial charge in [0.1, 0.15) is 0 Å². The molecule has 2 N–H and O–H groups in total. The molecular weight excluding hydrogens is 262 g/mol. The second-order valence-corrected chi connectivity index (χ2v) is 7.61. The van der Waals surface area contributed by atoms with Gasteiger partial charge in [0.2, 0.25) is 0 Å². The third kappa shape index (κ3) is 4.92. The molecular formula is C17H35N3O. The van der Waals surface area contributed by atoms with E-state index in [1.54, 1.807) is 0 Å². The van der Waals surface area contributed by atoms with E-state index in [1.807, 2.05) is 0 Å². The van der Waals surface area contributed by atoms with E-state index in [4.69, 9.17) is 0 Å². The van der Waals surface area contributed by atoms with E-state index in [9.17, 15) is 5.11 Å². The molecule has 1 aliphatic carbocycles. The van der Waals surface area contributed by atoms with Crippen LogP contribution in [0.25, 0.3) is 0 Å². The van der Waals surface area contributed by atoms with Gasteiger partial charge in [0, 0.05) is 30.2 Å². The Morgan fingerprint density at radius 1 is 1.33 bits per heavy atom. The second kappa shape index (κ2) is 7.40. The van der Waals surface area contributed by atoms with Gasteiger partial charge in [-0.25, -0.2) is 0 Å². The maximum Gasteiger partial charge on any atom is 0.0611 e. The molecule has 2 fully saturated rings. The summed E-state index contributed by atoms with van der Waals surface area (Å²) in [6, 6.07) is 1.81. The van der Waals surface area contributed by atoms with Crippen LogP contribution in [0, 0.1) is 0 Å². The fourth-order valence-corrected chi connectivity index (χ4v) is 3.86. The number of nitrogens with one attached hydrogen (secondary N) is 1. The molecule has 3 atom stereocenters. The van der Waals surface area contributed by atoms with Crippen molar-refractivity contribution in [2.45, 2.75) is 76.5 Å². The lowest BCUT2D eigenvalue weighted by Gasteiger charge is -2.40. The van der Waals surface area contributed by atoms with E-state index in [1.165, 1.54) is 45.3 Å². The molecule has 0 aromatic carbocycles. The highest BCUT2D eigenvalue weighted by atomic mass is 16.3. The van der Waals surface area contributed by atoms with Crippen molar-refractivity contribution < 1.29 is 5.11 Å². The van der Waals surface area contributed by atoms with E-state index >= 15 is 0 Å². The molecule has 1 saturated carbocycles. The fraction of sp³-hybridized carbons (Fsp3) is 1.00. The summed E-state index contributed by atoms with van der Waals surface area (Å²) in [5.41, 5.74) is -0.128. The lowest BCUT2D eigenvalue weighted by Crippen LogP contribution is -2.53. The van der Waals surface area contributed by atoms with Crippen LogP contribution in [0.2, 0.25) is 0 Å². The van der Waals surface area contributed by atoms with Crippen molar-refractivity contribution in [3.8, 4) is 0 Å². The Kier molecular flexibility index (Phi) is 6.06. The summed E-state index contributed by atoms with van der Waals surface area (Å²) in [5, 5.41) is 13.5. The Balaban J connectivity index is 1.96. The first-order valence-electron chi connectivity index (χ1n) is 8.80. The van der Waals surface area contributed by atoms with Gasteiger partial charge in [0.25, 0.3) is 0 Å². The lowest BCUT2D eigenvalue weighted by molar-refractivity contribution is 0.0848. The predicted octanol–water partition coefficient (Wildman–Crippen LogP) is 1.68. The Hall–Kier alpha value is -0.160. The van der Waals surface area contributed by atoms with Gasteiger partial charge in [0.05, 0.1) is 6.61 Å². The number of aliphatic hydroxyl groups is 1. The first-order chi connectivity index (χ1) is 9.97. The summed E-state index contributed by atoms with van der Waals surface area (Å²) in [7, 11) is 2.24. The lowest BCUT2D eigenvalue weighted by atomic mass is 9.92. The van der Waals surface area contributed by atoms with Crippen LogP contribution in [0.4, 0.5) is 0 Å². The summed E-state index contributed by atoms with van der Waals surface area (Å²) in [4.78, 5) is 5.15. The quantitative estimate of drug-likeness (QED) is 0.750. The van der Waals surface area contributed by atoms with Gasteiger partial charge in [-0.2, -0.15) is 0 Å². The molecule has 0 amide bonds. The van der Waals surface area contributed by atoms with Crippen molar-refractivity contribution in [2.75, 3.05) is 33.3 Å². The molecule has 2 rings (SSSR count). The van der Waals surface area contributed by atoms with E-state index in [0.29, 0.717) is 18.1 Å². The van der Waals surface area contributed by atoms with Gasteiger partial charge in [0.15, 0.2) is 0 Å². The molecule has 1 saturated heterocycles. The van der Waals surface area contributed by atoms with Gasteiger partial charge in [-0.05, 0) is 66.1 Å². The van der Waals surface area contributed by atoms with Gasteiger partial charge >= 0.3 is 0 Å². The zero-order chi connectivity index (χ0) is 15.5. The van der Waals surface area contributed by atoms with Crippen LogP contribution in [0.1, 0.15) is 52.9 Å². The highest BCUT2D eigenvalue weighted by Gasteiger charge is 2.35. The number of nitrogens with zero attached hydrogens (tertiary/aromatic N) is 2. The second-order valence-electron chi connectivity index (χ2n) is 7.61. The molecule has 1 aliphatic heterocycles. The zero-order valence-corrected chi connectivity index (χ0v) is 14.4. The molecule has 0 spiro atoms. The third-order valence-electron chi connectivity index (χ3n) is 5.21. The standard InChI is InChI=1S/C17H35N3O/c1-5-16-12-19(4)9-6-10-20(16)14(2)11-17(3,13-21)18-15-7-8-15/h14-16,18,21H,5-13H2,1-4H3. The molecule has 2 aliphatic rings. The number of hydrogen-bond donors (Lipinski definition) is 2. The average Bonchev–Trinajstić information content (AvgIpc) is 3.25. The van der Waals surface area contributed by atoms with Crippen molar-refractivity contribution in [3.05, 3.63) is 0 Å². The summed E-state index contributed by atoms with van der Waals surface area (Å²) >= 11 is 0. The molecule has 124 valence electrons. The minimum atomic E-state index is -0.128. The SMILES string of the molecule is CCC1CN(C)CCCN1C(C)CC(C)(CO)NC1CC1. The highest BCUT2D eigenvalue weighted by Crippen LogP contribution is 2.27. The van der Waals surface area contributed by atoms with Gasteiger partial charge in [-0.3, -0.25) is 4.90 Å². The minimum Gasteiger partial charge on any atom is -0.394 e. The Morgan fingerprint density at radius 3 is 2.62 bits per heavy atom. The smallest absolute Gasteiger partial charge is 0.0611 e. The molecule has 0 bridgehead atoms. The minimum absolute atomic E-state index is 0.128. The normalized spacial score (nSPS) is 29.9. The fourth-order valence-electron chi connectivity index (χ4n) is 3.86. The van der Waals surface area contributed by atoms with E-state index in [-0.39, 0.29) is 12.1 Å². The van der Waals surface area contributed by atoms with Crippen LogP contribution < -0.4 is 5.32 Å². The average molecular weight is 297 g/mol. The molecule has 4 nitrogen and oxygen atoms in total. The molecule has 3 unspecified atom stereocenters. The number of hydrogen-bond acceptors (Lipinski definition) is 4. The van der Waals surface area contributed by atoms with Crippen molar-refractivity contribution >= 4 is 0 Å². The maximum atomic E-state index is 9.84. The first kappa shape index (κ1) is 17.2. The van der Waals surface area contributed by atoms with Gasteiger partial charge < -0.3 is 15.3 Å². The molecule has 1 heterocycles. The van der Waals surface area contributed by atoms with Crippen LogP contribution in [0.15, 0.2) is 0 Å². The van der Waals surface area contributed by atoms with Crippen LogP contribution in [0.5, 0.6) is 0 Å². The summed E-state index contributed by atoms with van der Waals surface area (Å²) in [6.07, 6.45) is 6.04. The first-order valence-corrected chi connectivity index (χ1v) is 8.80. The largest absolute Gasteiger partial charge is 0.394 e. The Morgan fingerprint density at radius 2 is 2.05 bits per heavy atom. The summed E-state index contributed by atoms with van der Waals surface area (Å²) in [6.45, 7) is 10.6. The Bertz CT molecular complexity index is 321. The molecule has 0 aromatic heterocycles.